The van der Waals surface area contributed by atoms with E-state index in [1.54, 1.807) is 0 Å². The van der Waals surface area contributed by atoms with Crippen LogP contribution in [0, 0.1) is 5.41 Å². The summed E-state index contributed by atoms with van der Waals surface area (Å²) < 4.78 is 0. The van der Waals surface area contributed by atoms with Gasteiger partial charge in [0.2, 0.25) is 0 Å². The number of hydrogen-bond donors (Lipinski definition) is 1. The Balaban J connectivity index is 1.56. The summed E-state index contributed by atoms with van der Waals surface area (Å²) in [5, 5.41) is 3.57. The highest BCUT2D eigenvalue weighted by Gasteiger charge is 2.25. The lowest BCUT2D eigenvalue weighted by Crippen LogP contribution is -2.37. The second-order valence-electron chi connectivity index (χ2n) is 6.97. The Morgan fingerprint density at radius 3 is 2.32 bits per heavy atom. The molecule has 1 aliphatic carbocycles. The van der Waals surface area contributed by atoms with Crippen LogP contribution in [0.15, 0.2) is 24.3 Å². The average molecular weight is 258 g/mol. The molecule has 0 spiro atoms. The van der Waals surface area contributed by atoms with Crippen LogP contribution in [0.5, 0.6) is 0 Å². The molecule has 1 aliphatic heterocycles. The molecule has 0 atom stereocenters. The van der Waals surface area contributed by atoms with Crippen molar-refractivity contribution in [1.29, 1.82) is 0 Å². The molecule has 2 fully saturated rings. The van der Waals surface area contributed by atoms with E-state index in [1.165, 1.54) is 50.0 Å². The van der Waals surface area contributed by atoms with Gasteiger partial charge in [-0.25, -0.2) is 0 Å². The quantitative estimate of drug-likeness (QED) is 0.888. The first-order valence-electron chi connectivity index (χ1n) is 7.70. The lowest BCUT2D eigenvalue weighted by Gasteiger charge is -2.38. The molecule has 1 aromatic carbocycles. The highest BCUT2D eigenvalue weighted by Crippen LogP contribution is 2.32. The van der Waals surface area contributed by atoms with Crippen LogP contribution in [0.3, 0.4) is 0 Å². The third kappa shape index (κ3) is 3.50. The number of benzene rings is 1. The molecule has 19 heavy (non-hydrogen) atoms. The van der Waals surface area contributed by atoms with Crippen molar-refractivity contribution in [2.24, 2.45) is 5.41 Å². The average Bonchev–Trinajstić information content (AvgIpc) is 3.21. The van der Waals surface area contributed by atoms with Gasteiger partial charge in [0.25, 0.3) is 0 Å². The van der Waals surface area contributed by atoms with Gasteiger partial charge in [0, 0.05) is 31.4 Å². The molecule has 1 N–H and O–H groups in total. The summed E-state index contributed by atoms with van der Waals surface area (Å²) in [6.07, 6.45) is 5.33. The zero-order chi connectivity index (χ0) is 13.3. The number of piperidine rings is 1. The Kier molecular flexibility index (Phi) is 3.53. The van der Waals surface area contributed by atoms with Crippen molar-refractivity contribution in [2.75, 3.05) is 18.0 Å². The fourth-order valence-corrected chi connectivity index (χ4v) is 2.74. The van der Waals surface area contributed by atoms with Crippen LogP contribution in [0.1, 0.15) is 45.1 Å². The van der Waals surface area contributed by atoms with Crippen LogP contribution in [-0.4, -0.2) is 19.1 Å². The molecule has 1 saturated carbocycles. The zero-order valence-electron chi connectivity index (χ0n) is 12.3. The minimum atomic E-state index is 0.532. The second kappa shape index (κ2) is 5.16. The van der Waals surface area contributed by atoms with Crippen molar-refractivity contribution in [3.8, 4) is 0 Å². The van der Waals surface area contributed by atoms with Gasteiger partial charge in [0.05, 0.1) is 0 Å². The molecular weight excluding hydrogens is 232 g/mol. The van der Waals surface area contributed by atoms with Gasteiger partial charge in [0.15, 0.2) is 0 Å². The van der Waals surface area contributed by atoms with Crippen LogP contribution in [-0.2, 0) is 6.54 Å². The van der Waals surface area contributed by atoms with Crippen molar-refractivity contribution < 1.29 is 0 Å². The highest BCUT2D eigenvalue weighted by molar-refractivity contribution is 5.48. The van der Waals surface area contributed by atoms with E-state index in [-0.39, 0.29) is 0 Å². The number of nitrogens with one attached hydrogen (secondary N) is 1. The van der Waals surface area contributed by atoms with Crippen molar-refractivity contribution in [3.63, 3.8) is 0 Å². The molecule has 3 rings (SSSR count). The van der Waals surface area contributed by atoms with Crippen LogP contribution in [0.25, 0.3) is 0 Å². The Bertz CT molecular complexity index is 407. The third-order valence-electron chi connectivity index (χ3n) is 4.59. The molecule has 104 valence electrons. The number of hydrogen-bond acceptors (Lipinski definition) is 2. The first-order chi connectivity index (χ1) is 9.12. The summed E-state index contributed by atoms with van der Waals surface area (Å²) in [5.74, 6) is 0. The topological polar surface area (TPSA) is 15.3 Å². The van der Waals surface area contributed by atoms with Crippen LogP contribution in [0.2, 0.25) is 0 Å². The zero-order valence-corrected chi connectivity index (χ0v) is 12.3. The van der Waals surface area contributed by atoms with E-state index in [0.29, 0.717) is 5.41 Å². The normalized spacial score (nSPS) is 22.5. The molecule has 2 nitrogen and oxygen atoms in total. The summed E-state index contributed by atoms with van der Waals surface area (Å²) in [6.45, 7) is 8.20. The van der Waals surface area contributed by atoms with Gasteiger partial charge in [-0.3, -0.25) is 0 Å². The van der Waals surface area contributed by atoms with Crippen molar-refractivity contribution in [1.82, 2.24) is 5.32 Å². The van der Waals surface area contributed by atoms with Crippen molar-refractivity contribution in [3.05, 3.63) is 29.8 Å². The highest BCUT2D eigenvalue weighted by atomic mass is 15.1. The minimum absolute atomic E-state index is 0.532. The smallest absolute Gasteiger partial charge is 0.0366 e. The minimum Gasteiger partial charge on any atom is -0.371 e. The summed E-state index contributed by atoms with van der Waals surface area (Å²) in [6, 6.07) is 9.95. The van der Waals surface area contributed by atoms with Crippen LogP contribution >= 0.6 is 0 Å². The standard InChI is InChI=1S/C17H26N2/c1-17(2)9-11-19(12-10-17)16-7-3-14(4-8-16)13-18-15-5-6-15/h3-4,7-8,15,18H,5-6,9-13H2,1-2H3. The first kappa shape index (κ1) is 13.0. The lowest BCUT2D eigenvalue weighted by atomic mass is 9.82. The van der Waals surface area contributed by atoms with E-state index in [2.05, 4.69) is 48.3 Å². The third-order valence-corrected chi connectivity index (χ3v) is 4.59. The molecule has 1 saturated heterocycles. The fraction of sp³-hybridized carbons (Fsp3) is 0.647. The Morgan fingerprint density at radius 1 is 1.11 bits per heavy atom. The van der Waals surface area contributed by atoms with Crippen LogP contribution < -0.4 is 10.2 Å². The lowest BCUT2D eigenvalue weighted by molar-refractivity contribution is 0.280. The molecular formula is C17H26N2. The largest absolute Gasteiger partial charge is 0.371 e. The van der Waals surface area contributed by atoms with Crippen LogP contribution in [0.4, 0.5) is 5.69 Å². The summed E-state index contributed by atoms with van der Waals surface area (Å²) >= 11 is 0. The van der Waals surface area contributed by atoms with Gasteiger partial charge in [0.1, 0.15) is 0 Å². The number of anilines is 1. The van der Waals surface area contributed by atoms with Crippen molar-refractivity contribution >= 4 is 5.69 Å². The Labute approximate surface area is 117 Å². The summed E-state index contributed by atoms with van der Waals surface area (Å²) in [4.78, 5) is 2.53. The molecule has 1 heterocycles. The number of nitrogens with zero attached hydrogens (tertiary/aromatic N) is 1. The Hall–Kier alpha value is -1.02. The van der Waals surface area contributed by atoms with Crippen molar-refractivity contribution in [2.45, 2.75) is 52.1 Å². The van der Waals surface area contributed by atoms with Gasteiger partial charge < -0.3 is 10.2 Å². The van der Waals surface area contributed by atoms with Gasteiger partial charge in [-0.15, -0.1) is 0 Å². The van der Waals surface area contributed by atoms with E-state index >= 15 is 0 Å². The SMILES string of the molecule is CC1(C)CCN(c2ccc(CNC3CC3)cc2)CC1. The summed E-state index contributed by atoms with van der Waals surface area (Å²) in [7, 11) is 0. The predicted molar refractivity (Wildman–Crippen MR) is 81.5 cm³/mol. The number of rotatable bonds is 4. The van der Waals surface area contributed by atoms with E-state index in [0.717, 1.165) is 12.6 Å². The molecule has 2 heteroatoms. The molecule has 0 bridgehead atoms. The summed E-state index contributed by atoms with van der Waals surface area (Å²) in [5.41, 5.74) is 3.34. The maximum absolute atomic E-state index is 3.57. The predicted octanol–water partition coefficient (Wildman–Crippen LogP) is 3.57. The van der Waals surface area contributed by atoms with E-state index in [1.807, 2.05) is 0 Å². The van der Waals surface area contributed by atoms with Gasteiger partial charge in [-0.1, -0.05) is 26.0 Å². The molecule has 2 aliphatic rings. The molecule has 0 aromatic heterocycles. The Morgan fingerprint density at radius 2 is 1.74 bits per heavy atom. The van der Waals surface area contributed by atoms with E-state index < -0.39 is 0 Å². The van der Waals surface area contributed by atoms with Gasteiger partial charge in [-0.2, -0.15) is 0 Å². The second-order valence-corrected chi connectivity index (χ2v) is 6.97. The molecule has 0 radical (unpaired) electrons. The van der Waals surface area contributed by atoms with Gasteiger partial charge in [-0.05, 0) is 48.8 Å². The van der Waals surface area contributed by atoms with E-state index in [9.17, 15) is 0 Å². The maximum Gasteiger partial charge on any atom is 0.0366 e. The molecule has 0 unspecified atom stereocenters. The molecule has 1 aromatic rings. The van der Waals surface area contributed by atoms with E-state index in [4.69, 9.17) is 0 Å². The van der Waals surface area contributed by atoms with Gasteiger partial charge >= 0.3 is 0 Å². The first-order valence-corrected chi connectivity index (χ1v) is 7.70. The monoisotopic (exact) mass is 258 g/mol. The maximum atomic E-state index is 3.57. The fourth-order valence-electron chi connectivity index (χ4n) is 2.74. The molecule has 0 amide bonds.